The number of alkyl halides is 2. The average molecular weight is 638 g/mol. The summed E-state index contributed by atoms with van der Waals surface area (Å²) in [6.07, 6.45) is 7.71. The Morgan fingerprint density at radius 2 is 1.84 bits per heavy atom. The highest BCUT2D eigenvalue weighted by atomic mass is 35.5. The maximum Gasteiger partial charge on any atom is 0.282 e. The van der Waals surface area contributed by atoms with Crippen LogP contribution in [0.5, 0.6) is 0 Å². The lowest BCUT2D eigenvalue weighted by molar-refractivity contribution is -0.113. The van der Waals surface area contributed by atoms with Crippen molar-refractivity contribution in [3.05, 3.63) is 80.4 Å². The van der Waals surface area contributed by atoms with E-state index in [1.165, 1.54) is 6.07 Å². The number of halogens is 3. The van der Waals surface area contributed by atoms with Crippen LogP contribution in [0, 0.1) is 0 Å². The standard InChI is InChI=1S/C33H34ClF2N5O4/c34-22-5-8-25(26(13-22)31(43)40-17-33(35,36)18-40)21-11-28(20-3-4-20)38-29(12-21)39-30(42)27-10-19(14-37-15-24-2-1-9-45-24)16-41(32(27)44)23-6-7-23/h5,8,10-13,16,20,23-24,37H,1-4,6-7,9,14-15,17-18H2,(H,38,39,42)/t24-/m0/s1. The first-order valence-corrected chi connectivity index (χ1v) is 15.9. The number of aromatic nitrogens is 2. The molecule has 2 amide bonds. The summed E-state index contributed by atoms with van der Waals surface area (Å²) in [6, 6.07) is 9.99. The van der Waals surface area contributed by atoms with E-state index >= 15 is 0 Å². The molecule has 3 aromatic rings. The molecule has 7 rings (SSSR count). The smallest absolute Gasteiger partial charge is 0.282 e. The topological polar surface area (TPSA) is 106 Å². The molecule has 2 aliphatic carbocycles. The predicted molar refractivity (Wildman–Crippen MR) is 165 cm³/mol. The van der Waals surface area contributed by atoms with Crippen LogP contribution in [-0.2, 0) is 11.3 Å². The van der Waals surface area contributed by atoms with Gasteiger partial charge in [0, 0.05) is 54.1 Å². The first-order valence-electron chi connectivity index (χ1n) is 15.5. The zero-order valence-corrected chi connectivity index (χ0v) is 25.4. The largest absolute Gasteiger partial charge is 0.377 e. The Hall–Kier alpha value is -3.67. The molecule has 45 heavy (non-hydrogen) atoms. The Balaban J connectivity index is 1.17. The van der Waals surface area contributed by atoms with Gasteiger partial charge in [0.25, 0.3) is 23.3 Å². The van der Waals surface area contributed by atoms with E-state index in [0.29, 0.717) is 29.2 Å². The summed E-state index contributed by atoms with van der Waals surface area (Å²) in [5.41, 5.74) is 2.53. The molecule has 2 aliphatic heterocycles. The highest BCUT2D eigenvalue weighted by Gasteiger charge is 2.46. The normalized spacial score (nSPS) is 20.6. The third-order valence-electron chi connectivity index (χ3n) is 8.75. The molecule has 0 bridgehead atoms. The van der Waals surface area contributed by atoms with Crippen LogP contribution in [0.3, 0.4) is 0 Å². The maximum atomic E-state index is 13.7. The number of likely N-dealkylation sites (tertiary alicyclic amines) is 1. The van der Waals surface area contributed by atoms with E-state index in [2.05, 4.69) is 15.6 Å². The van der Waals surface area contributed by atoms with Crippen LogP contribution in [0.25, 0.3) is 11.1 Å². The summed E-state index contributed by atoms with van der Waals surface area (Å²) in [4.78, 5) is 46.1. The number of amides is 2. The van der Waals surface area contributed by atoms with Crippen LogP contribution < -0.4 is 16.2 Å². The molecule has 2 saturated carbocycles. The Bertz CT molecular complexity index is 1710. The van der Waals surface area contributed by atoms with E-state index in [0.717, 1.165) is 61.3 Å². The molecule has 9 nitrogen and oxygen atoms in total. The number of hydrogen-bond acceptors (Lipinski definition) is 6. The Labute approximate surface area is 263 Å². The summed E-state index contributed by atoms with van der Waals surface area (Å²) in [5, 5.41) is 6.53. The fraction of sp³-hybridized carbons (Fsp3) is 0.455. The predicted octanol–water partition coefficient (Wildman–Crippen LogP) is 5.39. The lowest BCUT2D eigenvalue weighted by atomic mass is 9.96. The first-order chi connectivity index (χ1) is 21.6. The van der Waals surface area contributed by atoms with E-state index in [-0.39, 0.29) is 40.6 Å². The lowest BCUT2D eigenvalue weighted by Gasteiger charge is -2.39. The molecule has 236 valence electrons. The molecule has 2 saturated heterocycles. The zero-order valence-electron chi connectivity index (χ0n) is 24.7. The number of nitrogens with zero attached hydrogens (tertiary/aromatic N) is 3. The molecule has 0 unspecified atom stereocenters. The molecular weight excluding hydrogens is 604 g/mol. The van der Waals surface area contributed by atoms with Gasteiger partial charge in [0.05, 0.1) is 19.2 Å². The van der Waals surface area contributed by atoms with Crippen molar-refractivity contribution in [3.63, 3.8) is 0 Å². The van der Waals surface area contributed by atoms with Gasteiger partial charge in [0.15, 0.2) is 0 Å². The van der Waals surface area contributed by atoms with Crippen molar-refractivity contribution in [2.45, 2.75) is 69.1 Å². The molecule has 4 heterocycles. The van der Waals surface area contributed by atoms with Gasteiger partial charge < -0.3 is 24.8 Å². The number of ether oxygens (including phenoxy) is 1. The summed E-state index contributed by atoms with van der Waals surface area (Å²) < 4.78 is 34.5. The van der Waals surface area contributed by atoms with Gasteiger partial charge >= 0.3 is 0 Å². The number of hydrogen-bond donors (Lipinski definition) is 2. The minimum Gasteiger partial charge on any atom is -0.377 e. The van der Waals surface area contributed by atoms with Crippen LogP contribution in [0.4, 0.5) is 14.6 Å². The third-order valence-corrected chi connectivity index (χ3v) is 8.98. The molecular formula is C33H34ClF2N5O4. The highest BCUT2D eigenvalue weighted by molar-refractivity contribution is 6.31. The van der Waals surface area contributed by atoms with E-state index in [4.69, 9.17) is 16.3 Å². The maximum absolute atomic E-state index is 13.7. The fourth-order valence-corrected chi connectivity index (χ4v) is 6.21. The van der Waals surface area contributed by atoms with E-state index < -0.39 is 30.8 Å². The van der Waals surface area contributed by atoms with Gasteiger partial charge in [0.1, 0.15) is 11.4 Å². The highest BCUT2D eigenvalue weighted by Crippen LogP contribution is 2.42. The minimum absolute atomic E-state index is 0.0274. The van der Waals surface area contributed by atoms with Gasteiger partial charge in [-0.05, 0) is 85.5 Å². The second kappa shape index (κ2) is 11.9. The second-order valence-electron chi connectivity index (χ2n) is 12.6. The van der Waals surface area contributed by atoms with Crippen molar-refractivity contribution < 1.29 is 23.1 Å². The van der Waals surface area contributed by atoms with E-state index in [1.54, 1.807) is 28.8 Å². The second-order valence-corrected chi connectivity index (χ2v) is 13.0. The van der Waals surface area contributed by atoms with Gasteiger partial charge in [-0.15, -0.1) is 0 Å². The van der Waals surface area contributed by atoms with Crippen molar-refractivity contribution in [1.29, 1.82) is 0 Å². The van der Waals surface area contributed by atoms with Gasteiger partial charge in [-0.1, -0.05) is 17.7 Å². The van der Waals surface area contributed by atoms with Crippen LogP contribution in [0.1, 0.15) is 82.5 Å². The van der Waals surface area contributed by atoms with Crippen LogP contribution in [-0.4, -0.2) is 64.5 Å². The minimum atomic E-state index is -2.91. The molecule has 4 aliphatic rings. The van der Waals surface area contributed by atoms with Gasteiger partial charge in [-0.3, -0.25) is 14.4 Å². The number of benzene rings is 1. The molecule has 1 atom stereocenters. The summed E-state index contributed by atoms with van der Waals surface area (Å²) >= 11 is 6.23. The Morgan fingerprint density at radius 1 is 1.04 bits per heavy atom. The molecule has 4 fully saturated rings. The third kappa shape index (κ3) is 6.66. The molecule has 2 N–H and O–H groups in total. The lowest BCUT2D eigenvalue weighted by Crippen LogP contribution is -2.58. The van der Waals surface area contributed by atoms with Crippen molar-refractivity contribution in [2.24, 2.45) is 0 Å². The quantitative estimate of drug-likeness (QED) is 0.309. The summed E-state index contributed by atoms with van der Waals surface area (Å²) in [6.45, 7) is 0.658. The van der Waals surface area contributed by atoms with Gasteiger partial charge in [0.2, 0.25) is 0 Å². The molecule has 12 heteroatoms. The van der Waals surface area contributed by atoms with Crippen molar-refractivity contribution in [1.82, 2.24) is 19.8 Å². The van der Waals surface area contributed by atoms with Crippen molar-refractivity contribution >= 4 is 29.2 Å². The van der Waals surface area contributed by atoms with Gasteiger partial charge in [-0.2, -0.15) is 0 Å². The summed E-state index contributed by atoms with van der Waals surface area (Å²) in [5.74, 6) is -3.58. The zero-order chi connectivity index (χ0) is 31.3. The monoisotopic (exact) mass is 637 g/mol. The van der Waals surface area contributed by atoms with Crippen LogP contribution in [0.2, 0.25) is 5.02 Å². The summed E-state index contributed by atoms with van der Waals surface area (Å²) in [7, 11) is 0. The van der Waals surface area contributed by atoms with E-state index in [1.807, 2.05) is 12.3 Å². The average Bonchev–Trinajstić information content (AvgIpc) is 3.94. The molecule has 0 spiro atoms. The SMILES string of the molecule is O=C(Nc1cc(-c2ccc(Cl)cc2C(=O)N2CC(F)(F)C2)cc(C2CC2)n1)c1cc(CNC[C@@H]2CCCO2)cn(C2CC2)c1=O. The molecule has 1 aromatic carbocycles. The van der Waals surface area contributed by atoms with Crippen LogP contribution in [0.15, 0.2) is 47.4 Å². The number of carbonyl (C=O) groups excluding carboxylic acids is 2. The number of rotatable bonds is 10. The number of pyridine rings is 2. The Morgan fingerprint density at radius 3 is 2.53 bits per heavy atom. The van der Waals surface area contributed by atoms with Crippen molar-refractivity contribution in [3.8, 4) is 11.1 Å². The first kappa shape index (κ1) is 30.0. The number of anilines is 1. The molecule has 2 aromatic heterocycles. The number of carbonyl (C=O) groups is 2. The van der Waals surface area contributed by atoms with Crippen LogP contribution >= 0.6 is 11.6 Å². The van der Waals surface area contributed by atoms with Crippen molar-refractivity contribution in [2.75, 3.05) is 31.6 Å². The van der Waals surface area contributed by atoms with E-state index in [9.17, 15) is 23.2 Å². The van der Waals surface area contributed by atoms with Gasteiger partial charge in [-0.25, -0.2) is 13.8 Å². The Kier molecular flexibility index (Phi) is 7.95. The fourth-order valence-electron chi connectivity index (χ4n) is 6.04. The molecule has 0 radical (unpaired) electrons. The number of nitrogens with one attached hydrogen (secondary N) is 2.